The van der Waals surface area contributed by atoms with Crippen molar-refractivity contribution < 1.29 is 9.90 Å². The first-order valence-corrected chi connectivity index (χ1v) is 6.43. The van der Waals surface area contributed by atoms with Crippen molar-refractivity contribution in [1.82, 2.24) is 35.0 Å². The Labute approximate surface area is 115 Å². The van der Waals surface area contributed by atoms with E-state index in [-0.39, 0.29) is 6.04 Å². The van der Waals surface area contributed by atoms with Crippen LogP contribution in [0.2, 0.25) is 0 Å². The fourth-order valence-electron chi connectivity index (χ4n) is 2.24. The second-order valence-electron chi connectivity index (χ2n) is 4.54. The summed E-state index contributed by atoms with van der Waals surface area (Å²) in [6.07, 6.45) is 3.74. The summed E-state index contributed by atoms with van der Waals surface area (Å²) in [5, 5.41) is 25.1. The fourth-order valence-corrected chi connectivity index (χ4v) is 2.24. The van der Waals surface area contributed by atoms with Crippen LogP contribution >= 0.6 is 0 Å². The van der Waals surface area contributed by atoms with Gasteiger partial charge in [-0.1, -0.05) is 13.8 Å². The molecule has 0 aromatic carbocycles. The monoisotopic (exact) mass is 279 g/mol. The molecule has 0 spiro atoms. The third-order valence-electron chi connectivity index (χ3n) is 3.67. The van der Waals surface area contributed by atoms with Crippen molar-refractivity contribution in [2.45, 2.75) is 45.2 Å². The van der Waals surface area contributed by atoms with Crippen LogP contribution < -0.4 is 0 Å². The second-order valence-corrected chi connectivity index (χ2v) is 4.54. The van der Waals surface area contributed by atoms with E-state index in [9.17, 15) is 9.90 Å². The van der Waals surface area contributed by atoms with Crippen LogP contribution in [0.3, 0.4) is 0 Å². The zero-order chi connectivity index (χ0) is 14.8. The van der Waals surface area contributed by atoms with Crippen LogP contribution in [0.1, 0.15) is 45.5 Å². The molecule has 1 atom stereocenters. The summed E-state index contributed by atoms with van der Waals surface area (Å²) in [7, 11) is 0. The molecule has 1 N–H and O–H groups in total. The Bertz CT molecular complexity index is 573. The molecule has 0 fully saturated rings. The molecule has 2 aromatic rings. The average molecular weight is 279 g/mol. The predicted molar refractivity (Wildman–Crippen MR) is 67.8 cm³/mol. The van der Waals surface area contributed by atoms with E-state index in [0.29, 0.717) is 18.7 Å². The first-order chi connectivity index (χ1) is 9.56. The van der Waals surface area contributed by atoms with Gasteiger partial charge in [-0.2, -0.15) is 5.10 Å². The molecule has 0 radical (unpaired) electrons. The van der Waals surface area contributed by atoms with Gasteiger partial charge < -0.3 is 5.11 Å². The summed E-state index contributed by atoms with van der Waals surface area (Å²) < 4.78 is 2.97. The Morgan fingerprint density at radius 2 is 2.15 bits per heavy atom. The lowest BCUT2D eigenvalue weighted by atomic mass is 9.93. The Morgan fingerprint density at radius 1 is 1.45 bits per heavy atom. The van der Waals surface area contributed by atoms with Gasteiger partial charge in [0.25, 0.3) is 0 Å². The molecule has 2 rings (SSSR count). The van der Waals surface area contributed by atoms with Gasteiger partial charge in [0.1, 0.15) is 18.7 Å². The van der Waals surface area contributed by atoms with Crippen LogP contribution in [0, 0.1) is 0 Å². The minimum absolute atomic E-state index is 0.302. The Kier molecular flexibility index (Phi) is 3.77. The number of tetrazole rings is 1. The molecule has 2 aromatic heterocycles. The highest BCUT2D eigenvalue weighted by Crippen LogP contribution is 2.28. The van der Waals surface area contributed by atoms with Gasteiger partial charge in [0.05, 0.1) is 0 Å². The molecular weight excluding hydrogens is 262 g/mol. The number of carbonyl (C=O) groups is 1. The summed E-state index contributed by atoms with van der Waals surface area (Å²) in [5.74, 6) is -0.497. The first kappa shape index (κ1) is 14.1. The van der Waals surface area contributed by atoms with Gasteiger partial charge in [-0.05, 0) is 30.2 Å². The van der Waals surface area contributed by atoms with E-state index in [1.54, 1.807) is 11.0 Å². The summed E-state index contributed by atoms with van der Waals surface area (Å²) in [6, 6.07) is -0.302. The van der Waals surface area contributed by atoms with E-state index in [1.807, 2.05) is 20.8 Å². The van der Waals surface area contributed by atoms with Crippen molar-refractivity contribution in [1.29, 1.82) is 0 Å². The maximum atomic E-state index is 11.7. The third-order valence-corrected chi connectivity index (χ3v) is 3.67. The molecule has 20 heavy (non-hydrogen) atoms. The molecule has 108 valence electrons. The largest absolute Gasteiger partial charge is 0.479 e. The Balaban J connectivity index is 2.49. The molecule has 0 bridgehead atoms. The maximum Gasteiger partial charge on any atom is 0.331 e. The van der Waals surface area contributed by atoms with E-state index in [1.165, 1.54) is 11.0 Å². The normalized spacial score (nSPS) is 13.3. The molecule has 2 heterocycles. The van der Waals surface area contributed by atoms with Crippen molar-refractivity contribution in [2.24, 2.45) is 0 Å². The van der Waals surface area contributed by atoms with Gasteiger partial charge in [-0.15, -0.1) is 5.10 Å². The molecule has 9 nitrogen and oxygen atoms in total. The van der Waals surface area contributed by atoms with Crippen LogP contribution in [0.5, 0.6) is 0 Å². The van der Waals surface area contributed by atoms with Gasteiger partial charge >= 0.3 is 5.97 Å². The lowest BCUT2D eigenvalue weighted by Crippen LogP contribution is -2.43. The Hall–Kier alpha value is -2.32. The lowest BCUT2D eigenvalue weighted by molar-refractivity contribution is -0.149. The van der Waals surface area contributed by atoms with Crippen molar-refractivity contribution in [3.63, 3.8) is 0 Å². The van der Waals surface area contributed by atoms with Crippen LogP contribution in [0.25, 0.3) is 0 Å². The molecule has 0 saturated heterocycles. The molecular formula is C11H17N7O2. The predicted octanol–water partition coefficient (Wildman–Crippen LogP) is 0.474. The number of nitrogens with zero attached hydrogens (tertiary/aromatic N) is 7. The number of carboxylic acid groups (broad SMARTS) is 1. The summed E-state index contributed by atoms with van der Waals surface area (Å²) >= 11 is 0. The van der Waals surface area contributed by atoms with Gasteiger partial charge in [0.2, 0.25) is 0 Å². The van der Waals surface area contributed by atoms with E-state index in [2.05, 4.69) is 25.6 Å². The molecule has 0 amide bonds. The summed E-state index contributed by atoms with van der Waals surface area (Å²) in [4.78, 5) is 15.6. The lowest BCUT2D eigenvalue weighted by Gasteiger charge is -2.28. The van der Waals surface area contributed by atoms with E-state index in [0.717, 1.165) is 0 Å². The molecule has 0 saturated carbocycles. The summed E-state index contributed by atoms with van der Waals surface area (Å²) in [6.45, 7) is 5.46. The van der Waals surface area contributed by atoms with Gasteiger partial charge in [0, 0.05) is 0 Å². The number of rotatable bonds is 6. The van der Waals surface area contributed by atoms with Crippen molar-refractivity contribution in [2.75, 3.05) is 0 Å². The molecule has 0 aliphatic rings. The fraction of sp³-hybridized carbons (Fsp3) is 0.636. The Morgan fingerprint density at radius 3 is 2.65 bits per heavy atom. The highest BCUT2D eigenvalue weighted by molar-refractivity contribution is 5.76. The smallest absolute Gasteiger partial charge is 0.331 e. The number of carboxylic acids is 1. The van der Waals surface area contributed by atoms with E-state index < -0.39 is 11.5 Å². The highest BCUT2D eigenvalue weighted by atomic mass is 16.4. The molecule has 0 aliphatic carbocycles. The number of hydrogen-bond acceptors (Lipinski definition) is 6. The SMILES string of the molecule is CCC(CC)(C(=O)O)n1nnnc1C(C)n1cncn1. The zero-order valence-electron chi connectivity index (χ0n) is 11.6. The van der Waals surface area contributed by atoms with Crippen molar-refractivity contribution in [3.05, 3.63) is 18.5 Å². The first-order valence-electron chi connectivity index (χ1n) is 6.43. The second kappa shape index (κ2) is 5.35. The van der Waals surface area contributed by atoms with Crippen LogP contribution in [-0.4, -0.2) is 46.0 Å². The van der Waals surface area contributed by atoms with Crippen molar-refractivity contribution in [3.8, 4) is 0 Å². The minimum Gasteiger partial charge on any atom is -0.479 e. The zero-order valence-corrected chi connectivity index (χ0v) is 11.6. The van der Waals surface area contributed by atoms with Crippen molar-refractivity contribution >= 4 is 5.97 Å². The van der Waals surface area contributed by atoms with Gasteiger partial charge in [-0.25, -0.2) is 19.1 Å². The van der Waals surface area contributed by atoms with Crippen LogP contribution in [0.4, 0.5) is 0 Å². The maximum absolute atomic E-state index is 11.7. The van der Waals surface area contributed by atoms with Crippen LogP contribution in [0.15, 0.2) is 12.7 Å². The highest BCUT2D eigenvalue weighted by Gasteiger charge is 2.41. The topological polar surface area (TPSA) is 112 Å². The van der Waals surface area contributed by atoms with Gasteiger partial charge in [0.15, 0.2) is 11.4 Å². The summed E-state index contributed by atoms with van der Waals surface area (Å²) in [5.41, 5.74) is -1.15. The molecule has 1 unspecified atom stereocenters. The third kappa shape index (κ3) is 2.04. The average Bonchev–Trinajstić information content (AvgIpc) is 3.11. The minimum atomic E-state index is -1.15. The number of hydrogen-bond donors (Lipinski definition) is 1. The van der Waals surface area contributed by atoms with Gasteiger partial charge in [-0.3, -0.25) is 0 Å². The number of aliphatic carboxylic acids is 1. The molecule has 0 aliphatic heterocycles. The van der Waals surface area contributed by atoms with E-state index >= 15 is 0 Å². The van der Waals surface area contributed by atoms with E-state index in [4.69, 9.17) is 0 Å². The quantitative estimate of drug-likeness (QED) is 0.818. The number of aromatic nitrogens is 7. The standard InChI is InChI=1S/C11H17N7O2/c1-4-11(5-2,10(19)20)18-9(14-15-16-18)8(3)17-7-12-6-13-17/h6-8H,4-5H2,1-3H3,(H,19,20). The van der Waals surface area contributed by atoms with Crippen LogP contribution in [-0.2, 0) is 10.3 Å². The molecule has 9 heteroatoms.